The zero-order valence-electron chi connectivity index (χ0n) is 13.7. The van der Waals surface area contributed by atoms with Crippen molar-refractivity contribution in [2.45, 2.75) is 31.3 Å². The summed E-state index contributed by atoms with van der Waals surface area (Å²) in [6.07, 6.45) is 1.29. The van der Waals surface area contributed by atoms with Crippen molar-refractivity contribution in [1.82, 2.24) is 10.6 Å². The maximum Gasteiger partial charge on any atom is 0.191 e. The molecule has 0 aromatic heterocycles. The van der Waals surface area contributed by atoms with Crippen molar-refractivity contribution in [2.75, 3.05) is 32.5 Å². The third-order valence-electron chi connectivity index (χ3n) is 2.69. The summed E-state index contributed by atoms with van der Waals surface area (Å²) in [6.45, 7) is 6.65. The number of halogens is 1. The standard InChI is InChI=1S/C16H27N3OS.HI/c1-14(2)20-12-7-10-18-16(17-3)19-11-13-21-15-8-5-4-6-9-15;/h4-6,8-9,14H,7,10-13H2,1-3H3,(H2,17,18,19);1H. The van der Waals surface area contributed by atoms with Crippen LogP contribution in [-0.2, 0) is 4.74 Å². The van der Waals surface area contributed by atoms with Crippen molar-refractivity contribution in [3.63, 3.8) is 0 Å². The molecule has 6 heteroatoms. The minimum atomic E-state index is 0. The summed E-state index contributed by atoms with van der Waals surface area (Å²) in [5.74, 6) is 1.87. The third kappa shape index (κ3) is 11.1. The molecule has 0 heterocycles. The summed E-state index contributed by atoms with van der Waals surface area (Å²) >= 11 is 1.84. The van der Waals surface area contributed by atoms with E-state index in [1.165, 1.54) is 4.90 Å². The van der Waals surface area contributed by atoms with Crippen LogP contribution >= 0.6 is 35.7 Å². The van der Waals surface area contributed by atoms with E-state index in [0.717, 1.165) is 37.8 Å². The second-order valence-electron chi connectivity index (χ2n) is 4.86. The van der Waals surface area contributed by atoms with Crippen molar-refractivity contribution in [1.29, 1.82) is 0 Å². The van der Waals surface area contributed by atoms with Gasteiger partial charge in [-0.2, -0.15) is 0 Å². The Balaban J connectivity index is 0.00000441. The number of rotatable bonds is 9. The highest BCUT2D eigenvalue weighted by Crippen LogP contribution is 2.15. The van der Waals surface area contributed by atoms with Crippen molar-refractivity contribution >= 4 is 41.7 Å². The second kappa shape index (κ2) is 14.1. The first-order valence-corrected chi connectivity index (χ1v) is 8.45. The Bertz CT molecular complexity index is 402. The predicted molar refractivity (Wildman–Crippen MR) is 108 cm³/mol. The lowest BCUT2D eigenvalue weighted by Gasteiger charge is -2.12. The number of hydrogen-bond donors (Lipinski definition) is 2. The third-order valence-corrected chi connectivity index (χ3v) is 3.71. The summed E-state index contributed by atoms with van der Waals surface area (Å²) in [4.78, 5) is 5.51. The van der Waals surface area contributed by atoms with Crippen LogP contribution in [0.1, 0.15) is 20.3 Å². The fourth-order valence-corrected chi connectivity index (χ4v) is 2.46. The Hall–Kier alpha value is -0.470. The first-order chi connectivity index (χ1) is 10.2. The van der Waals surface area contributed by atoms with Gasteiger partial charge < -0.3 is 15.4 Å². The van der Waals surface area contributed by atoms with Gasteiger partial charge in [-0.3, -0.25) is 4.99 Å². The second-order valence-corrected chi connectivity index (χ2v) is 6.03. The van der Waals surface area contributed by atoms with E-state index in [1.807, 2.05) is 17.8 Å². The van der Waals surface area contributed by atoms with E-state index in [0.29, 0.717) is 6.10 Å². The van der Waals surface area contributed by atoms with E-state index >= 15 is 0 Å². The Morgan fingerprint density at radius 1 is 1.18 bits per heavy atom. The van der Waals surface area contributed by atoms with Crippen molar-refractivity contribution in [3.05, 3.63) is 30.3 Å². The fourth-order valence-electron chi connectivity index (χ4n) is 1.67. The van der Waals surface area contributed by atoms with Crippen LogP contribution in [0, 0.1) is 0 Å². The maximum absolute atomic E-state index is 5.50. The molecule has 0 aliphatic heterocycles. The average molecular weight is 437 g/mol. The number of hydrogen-bond acceptors (Lipinski definition) is 3. The number of ether oxygens (including phenoxy) is 1. The molecule has 1 aromatic carbocycles. The Labute approximate surface area is 155 Å². The molecule has 0 saturated heterocycles. The van der Waals surface area contributed by atoms with Crippen LogP contribution < -0.4 is 10.6 Å². The van der Waals surface area contributed by atoms with Crippen molar-refractivity contribution < 1.29 is 4.74 Å². The molecule has 2 N–H and O–H groups in total. The van der Waals surface area contributed by atoms with E-state index in [4.69, 9.17) is 4.74 Å². The van der Waals surface area contributed by atoms with Crippen LogP contribution in [0.4, 0.5) is 0 Å². The summed E-state index contributed by atoms with van der Waals surface area (Å²) in [5.41, 5.74) is 0. The van der Waals surface area contributed by atoms with Crippen molar-refractivity contribution in [3.8, 4) is 0 Å². The number of guanidine groups is 1. The van der Waals surface area contributed by atoms with Gasteiger partial charge in [-0.15, -0.1) is 35.7 Å². The smallest absolute Gasteiger partial charge is 0.191 e. The molecule has 0 bridgehead atoms. The molecule has 0 aliphatic rings. The van der Waals surface area contributed by atoms with Crippen LogP contribution in [0.2, 0.25) is 0 Å². The van der Waals surface area contributed by atoms with E-state index in [1.54, 1.807) is 7.05 Å². The molecule has 22 heavy (non-hydrogen) atoms. The lowest BCUT2D eigenvalue weighted by molar-refractivity contribution is 0.0776. The van der Waals surface area contributed by atoms with Crippen LogP contribution in [-0.4, -0.2) is 44.6 Å². The molecular weight excluding hydrogens is 409 g/mol. The molecule has 1 aromatic rings. The average Bonchev–Trinajstić information content (AvgIpc) is 2.49. The van der Waals surface area contributed by atoms with Crippen molar-refractivity contribution in [2.24, 2.45) is 4.99 Å². The van der Waals surface area contributed by atoms with E-state index in [2.05, 4.69) is 53.7 Å². The molecule has 0 atom stereocenters. The van der Waals surface area contributed by atoms with Crippen LogP contribution in [0.15, 0.2) is 40.2 Å². The first-order valence-electron chi connectivity index (χ1n) is 7.46. The van der Waals surface area contributed by atoms with E-state index in [9.17, 15) is 0 Å². The quantitative estimate of drug-likeness (QED) is 0.205. The largest absolute Gasteiger partial charge is 0.379 e. The van der Waals surface area contributed by atoms with Gasteiger partial charge in [0.05, 0.1) is 6.10 Å². The molecule has 1 rings (SSSR count). The minimum absolute atomic E-state index is 0. The molecule has 0 fully saturated rings. The highest BCUT2D eigenvalue weighted by atomic mass is 127. The summed E-state index contributed by atoms with van der Waals surface area (Å²) in [5, 5.41) is 6.61. The molecule has 0 radical (unpaired) electrons. The number of nitrogens with zero attached hydrogens (tertiary/aromatic N) is 1. The van der Waals surface area contributed by atoms with Gasteiger partial charge in [0.2, 0.25) is 0 Å². The van der Waals surface area contributed by atoms with Gasteiger partial charge in [-0.1, -0.05) is 18.2 Å². The summed E-state index contributed by atoms with van der Waals surface area (Å²) in [6, 6.07) is 10.4. The van der Waals surface area contributed by atoms with Gasteiger partial charge in [-0.25, -0.2) is 0 Å². The molecule has 0 saturated carbocycles. The fraction of sp³-hybridized carbons (Fsp3) is 0.562. The van der Waals surface area contributed by atoms with E-state index < -0.39 is 0 Å². The monoisotopic (exact) mass is 437 g/mol. The van der Waals surface area contributed by atoms with Gasteiger partial charge in [0.25, 0.3) is 0 Å². The lowest BCUT2D eigenvalue weighted by Crippen LogP contribution is -2.39. The van der Waals surface area contributed by atoms with Gasteiger partial charge in [-0.05, 0) is 32.4 Å². The first kappa shape index (κ1) is 21.5. The number of aliphatic imine (C=N–C) groups is 1. The Morgan fingerprint density at radius 2 is 1.86 bits per heavy atom. The molecule has 0 aliphatic carbocycles. The molecule has 4 nitrogen and oxygen atoms in total. The Morgan fingerprint density at radius 3 is 2.50 bits per heavy atom. The van der Waals surface area contributed by atoms with Gasteiger partial charge in [0, 0.05) is 37.4 Å². The Kier molecular flexibility index (Phi) is 13.8. The van der Waals surface area contributed by atoms with Gasteiger partial charge in [0.15, 0.2) is 5.96 Å². The zero-order chi connectivity index (χ0) is 15.3. The van der Waals surface area contributed by atoms with Crippen LogP contribution in [0.3, 0.4) is 0 Å². The van der Waals surface area contributed by atoms with Crippen LogP contribution in [0.25, 0.3) is 0 Å². The molecule has 0 amide bonds. The minimum Gasteiger partial charge on any atom is -0.379 e. The molecule has 126 valence electrons. The number of nitrogens with one attached hydrogen (secondary N) is 2. The van der Waals surface area contributed by atoms with Gasteiger partial charge >= 0.3 is 0 Å². The highest BCUT2D eigenvalue weighted by molar-refractivity contribution is 14.0. The SMILES string of the molecule is CN=C(NCCCOC(C)C)NCCSc1ccccc1.I. The van der Waals surface area contributed by atoms with Gasteiger partial charge in [0.1, 0.15) is 0 Å². The molecule has 0 spiro atoms. The lowest BCUT2D eigenvalue weighted by atomic mass is 10.4. The number of benzene rings is 1. The predicted octanol–water partition coefficient (Wildman–Crippen LogP) is 3.38. The summed E-state index contributed by atoms with van der Waals surface area (Å²) < 4.78 is 5.50. The maximum atomic E-state index is 5.50. The highest BCUT2D eigenvalue weighted by Gasteiger charge is 1.98. The zero-order valence-corrected chi connectivity index (χ0v) is 16.8. The summed E-state index contributed by atoms with van der Waals surface area (Å²) in [7, 11) is 1.80. The molecular formula is C16H28IN3OS. The topological polar surface area (TPSA) is 45.7 Å². The normalized spacial score (nSPS) is 11.2. The van der Waals surface area contributed by atoms with E-state index in [-0.39, 0.29) is 24.0 Å². The number of thioether (sulfide) groups is 1. The molecule has 0 unspecified atom stereocenters. The van der Waals surface area contributed by atoms with Crippen LogP contribution in [0.5, 0.6) is 0 Å².